The molecule has 2 atom stereocenters. The fraction of sp³-hybridized carbons (Fsp3) is 0.304. The van der Waals surface area contributed by atoms with Gasteiger partial charge in [0.2, 0.25) is 0 Å². The van der Waals surface area contributed by atoms with Gasteiger partial charge in [-0.25, -0.2) is 0 Å². The maximum absolute atomic E-state index is 6.20. The summed E-state index contributed by atoms with van der Waals surface area (Å²) < 4.78 is 6.20. The van der Waals surface area contributed by atoms with E-state index in [1.807, 2.05) is 18.2 Å². The van der Waals surface area contributed by atoms with Gasteiger partial charge >= 0.3 is 0 Å². The minimum absolute atomic E-state index is 0.521. The van der Waals surface area contributed by atoms with Crippen molar-refractivity contribution >= 4 is 10.8 Å². The zero-order valence-electron chi connectivity index (χ0n) is 15.2. The van der Waals surface area contributed by atoms with Crippen LogP contribution in [0, 0.1) is 5.92 Å². The van der Waals surface area contributed by atoms with Gasteiger partial charge in [0.15, 0.2) is 0 Å². The molecule has 1 fully saturated rings. The number of ether oxygens (including phenoxy) is 1. The molecule has 0 saturated carbocycles. The van der Waals surface area contributed by atoms with Gasteiger partial charge in [0.05, 0.1) is 0 Å². The molecule has 0 spiro atoms. The maximum Gasteiger partial charge on any atom is 0.135 e. The van der Waals surface area contributed by atoms with Gasteiger partial charge in [-0.3, -0.25) is 0 Å². The van der Waals surface area contributed by atoms with Gasteiger partial charge in [-0.15, -0.1) is 0 Å². The largest absolute Gasteiger partial charge is 0.457 e. The highest BCUT2D eigenvalue weighted by molar-refractivity contribution is 5.88. The van der Waals surface area contributed by atoms with Crippen molar-refractivity contribution in [2.75, 3.05) is 13.1 Å². The minimum Gasteiger partial charge on any atom is -0.457 e. The summed E-state index contributed by atoms with van der Waals surface area (Å²) in [7, 11) is 0. The molecule has 0 aromatic heterocycles. The van der Waals surface area contributed by atoms with E-state index < -0.39 is 0 Å². The van der Waals surface area contributed by atoms with Crippen molar-refractivity contribution in [3.8, 4) is 11.5 Å². The highest BCUT2D eigenvalue weighted by atomic mass is 16.5. The van der Waals surface area contributed by atoms with Gasteiger partial charge in [0, 0.05) is 18.0 Å². The first-order valence-electron chi connectivity index (χ1n) is 9.48. The van der Waals surface area contributed by atoms with Crippen molar-refractivity contribution in [2.24, 2.45) is 5.92 Å². The molecule has 4 rings (SSSR count). The van der Waals surface area contributed by atoms with E-state index >= 15 is 0 Å². The zero-order chi connectivity index (χ0) is 17.8. The lowest BCUT2D eigenvalue weighted by Gasteiger charge is -2.20. The predicted molar refractivity (Wildman–Crippen MR) is 108 cm³/mol. The first kappa shape index (κ1) is 17.1. The van der Waals surface area contributed by atoms with Crippen molar-refractivity contribution in [2.45, 2.75) is 25.9 Å². The maximum atomic E-state index is 6.20. The SMILES string of the molecule is CC(NCc1cccc(Oc2cccc3ccccc23)c1)C1CCNC1. The molecule has 26 heavy (non-hydrogen) atoms. The molecule has 3 aromatic carbocycles. The van der Waals surface area contributed by atoms with Gasteiger partial charge in [0.1, 0.15) is 11.5 Å². The number of benzene rings is 3. The van der Waals surface area contributed by atoms with Crippen LogP contribution in [0.1, 0.15) is 18.9 Å². The number of rotatable bonds is 6. The summed E-state index contributed by atoms with van der Waals surface area (Å²) in [6.07, 6.45) is 1.26. The van der Waals surface area contributed by atoms with E-state index in [-0.39, 0.29) is 0 Å². The lowest BCUT2D eigenvalue weighted by atomic mass is 10.0. The Kier molecular flexibility index (Phi) is 5.19. The Morgan fingerprint density at radius 1 is 1.08 bits per heavy atom. The van der Waals surface area contributed by atoms with Crippen LogP contribution in [0.25, 0.3) is 10.8 Å². The van der Waals surface area contributed by atoms with E-state index in [2.05, 4.69) is 66.1 Å². The second-order valence-corrected chi connectivity index (χ2v) is 7.15. The van der Waals surface area contributed by atoms with Crippen LogP contribution >= 0.6 is 0 Å². The van der Waals surface area contributed by atoms with Crippen molar-refractivity contribution in [3.63, 3.8) is 0 Å². The Morgan fingerprint density at radius 2 is 1.92 bits per heavy atom. The summed E-state index contributed by atoms with van der Waals surface area (Å²) in [6, 6.07) is 23.4. The van der Waals surface area contributed by atoms with Crippen LogP contribution in [0.15, 0.2) is 66.7 Å². The van der Waals surface area contributed by atoms with Gasteiger partial charge in [0.25, 0.3) is 0 Å². The van der Waals surface area contributed by atoms with Crippen molar-refractivity contribution in [3.05, 3.63) is 72.3 Å². The molecule has 3 nitrogen and oxygen atoms in total. The summed E-state index contributed by atoms with van der Waals surface area (Å²) in [5.74, 6) is 2.51. The molecule has 1 heterocycles. The van der Waals surface area contributed by atoms with E-state index in [9.17, 15) is 0 Å². The standard InChI is InChI=1S/C23H26N2O/c1-17(20-12-13-24-16-20)25-15-18-6-4-9-21(14-18)26-23-11-5-8-19-7-2-3-10-22(19)23/h2-11,14,17,20,24-25H,12-13,15-16H2,1H3. The summed E-state index contributed by atoms with van der Waals surface area (Å²) in [5.41, 5.74) is 1.25. The summed E-state index contributed by atoms with van der Waals surface area (Å²) in [4.78, 5) is 0. The molecule has 3 heteroatoms. The van der Waals surface area contributed by atoms with Crippen LogP contribution < -0.4 is 15.4 Å². The quantitative estimate of drug-likeness (QED) is 0.677. The lowest BCUT2D eigenvalue weighted by molar-refractivity contribution is 0.398. The molecule has 1 aliphatic heterocycles. The third-order valence-electron chi connectivity index (χ3n) is 5.31. The monoisotopic (exact) mass is 346 g/mol. The molecule has 0 bridgehead atoms. The smallest absolute Gasteiger partial charge is 0.135 e. The predicted octanol–water partition coefficient (Wildman–Crippen LogP) is 4.72. The second kappa shape index (κ2) is 7.90. The zero-order valence-corrected chi connectivity index (χ0v) is 15.2. The van der Waals surface area contributed by atoms with Crippen LogP contribution in [-0.2, 0) is 6.54 Å². The number of hydrogen-bond acceptors (Lipinski definition) is 3. The molecule has 2 unspecified atom stereocenters. The first-order valence-corrected chi connectivity index (χ1v) is 9.48. The number of hydrogen-bond donors (Lipinski definition) is 2. The topological polar surface area (TPSA) is 33.3 Å². The van der Waals surface area contributed by atoms with E-state index in [1.54, 1.807) is 0 Å². The number of fused-ring (bicyclic) bond motifs is 1. The van der Waals surface area contributed by atoms with Crippen LogP contribution in [0.2, 0.25) is 0 Å². The molecule has 2 N–H and O–H groups in total. The van der Waals surface area contributed by atoms with Crippen LogP contribution in [0.3, 0.4) is 0 Å². The average molecular weight is 346 g/mol. The summed E-state index contributed by atoms with van der Waals surface area (Å²) >= 11 is 0. The van der Waals surface area contributed by atoms with Gasteiger partial charge in [-0.1, -0.05) is 48.5 Å². The Bertz CT molecular complexity index is 865. The van der Waals surface area contributed by atoms with Crippen molar-refractivity contribution < 1.29 is 4.74 Å². The molecule has 0 amide bonds. The van der Waals surface area contributed by atoms with Gasteiger partial charge in [-0.2, -0.15) is 0 Å². The fourth-order valence-electron chi connectivity index (χ4n) is 3.68. The van der Waals surface area contributed by atoms with Gasteiger partial charge in [-0.05, 0) is 61.5 Å². The Balaban J connectivity index is 1.45. The molecule has 1 aliphatic rings. The van der Waals surface area contributed by atoms with E-state index in [0.29, 0.717) is 6.04 Å². The Hall–Kier alpha value is -2.36. The van der Waals surface area contributed by atoms with Crippen molar-refractivity contribution in [1.29, 1.82) is 0 Å². The molecule has 1 saturated heterocycles. The molecule has 0 aliphatic carbocycles. The van der Waals surface area contributed by atoms with Crippen LogP contribution in [0.4, 0.5) is 0 Å². The highest BCUT2D eigenvalue weighted by Crippen LogP contribution is 2.30. The molecular weight excluding hydrogens is 320 g/mol. The lowest BCUT2D eigenvalue weighted by Crippen LogP contribution is -2.34. The Morgan fingerprint density at radius 3 is 2.81 bits per heavy atom. The minimum atomic E-state index is 0.521. The average Bonchev–Trinajstić information content (AvgIpc) is 3.22. The van der Waals surface area contributed by atoms with Crippen LogP contribution in [0.5, 0.6) is 11.5 Å². The van der Waals surface area contributed by atoms with E-state index in [0.717, 1.165) is 42.4 Å². The summed E-state index contributed by atoms with van der Waals surface area (Å²) in [6.45, 7) is 5.42. The third kappa shape index (κ3) is 3.90. The van der Waals surface area contributed by atoms with E-state index in [4.69, 9.17) is 4.74 Å². The number of nitrogens with one attached hydrogen (secondary N) is 2. The normalized spacial score (nSPS) is 18.1. The molecular formula is C23H26N2O. The van der Waals surface area contributed by atoms with Crippen molar-refractivity contribution in [1.82, 2.24) is 10.6 Å². The van der Waals surface area contributed by atoms with Crippen LogP contribution in [-0.4, -0.2) is 19.1 Å². The summed E-state index contributed by atoms with van der Waals surface area (Å²) in [5, 5.41) is 9.44. The first-order chi connectivity index (χ1) is 12.8. The van der Waals surface area contributed by atoms with E-state index in [1.165, 1.54) is 17.4 Å². The molecule has 3 aromatic rings. The second-order valence-electron chi connectivity index (χ2n) is 7.15. The third-order valence-corrected chi connectivity index (χ3v) is 5.31. The Labute approximate surface area is 155 Å². The fourth-order valence-corrected chi connectivity index (χ4v) is 3.68. The molecule has 134 valence electrons. The van der Waals surface area contributed by atoms with Gasteiger partial charge < -0.3 is 15.4 Å². The highest BCUT2D eigenvalue weighted by Gasteiger charge is 2.20. The molecule has 0 radical (unpaired) electrons.